The summed E-state index contributed by atoms with van der Waals surface area (Å²) in [6.07, 6.45) is -2.51. The van der Waals surface area contributed by atoms with Gasteiger partial charge in [-0.2, -0.15) is 17.5 Å². The number of benzene rings is 2. The Morgan fingerprint density at radius 2 is 1.89 bits per heavy atom. The molecule has 0 unspecified atom stereocenters. The van der Waals surface area contributed by atoms with Crippen LogP contribution in [-0.4, -0.2) is 66.5 Å². The number of aromatic nitrogens is 2. The van der Waals surface area contributed by atoms with Crippen LogP contribution in [-0.2, 0) is 10.0 Å². The van der Waals surface area contributed by atoms with Crippen LogP contribution in [0.25, 0.3) is 0 Å². The zero-order chi connectivity index (χ0) is 26.2. The Morgan fingerprint density at radius 1 is 1.11 bits per heavy atom. The van der Waals surface area contributed by atoms with Crippen molar-refractivity contribution in [1.29, 1.82) is 0 Å². The quantitative estimate of drug-likeness (QED) is 0.454. The number of piperazine rings is 1. The summed E-state index contributed by atoms with van der Waals surface area (Å²) in [5.74, 6) is -0.0301. The van der Waals surface area contributed by atoms with Crippen molar-refractivity contribution in [3.63, 3.8) is 0 Å². The lowest BCUT2D eigenvalue weighted by Crippen LogP contribution is -2.52. The Balaban J connectivity index is 1.44. The summed E-state index contributed by atoms with van der Waals surface area (Å²) in [6, 6.07) is 9.74. The molecule has 14 heteroatoms. The summed E-state index contributed by atoms with van der Waals surface area (Å²) < 4.78 is 90.6. The van der Waals surface area contributed by atoms with Crippen molar-refractivity contribution in [2.45, 2.75) is 29.6 Å². The van der Waals surface area contributed by atoms with Crippen molar-refractivity contribution in [1.82, 2.24) is 19.2 Å². The van der Waals surface area contributed by atoms with E-state index in [1.54, 1.807) is 18.2 Å². The molecule has 0 amide bonds. The summed E-state index contributed by atoms with van der Waals surface area (Å²) in [4.78, 5) is 7.30. The highest BCUT2D eigenvalue weighted by molar-refractivity contribution is 7.93. The number of halogens is 4. The maximum absolute atomic E-state index is 13.6. The van der Waals surface area contributed by atoms with E-state index in [9.17, 15) is 26.0 Å². The number of rotatable bonds is 6. The lowest BCUT2D eigenvalue weighted by Gasteiger charge is -2.47. The van der Waals surface area contributed by atoms with Gasteiger partial charge in [0.15, 0.2) is 0 Å². The van der Waals surface area contributed by atoms with Crippen molar-refractivity contribution in [2.75, 3.05) is 37.5 Å². The molecule has 2 aliphatic rings. The van der Waals surface area contributed by atoms with Gasteiger partial charge in [-0.15, -0.1) is 0 Å². The number of fused-ring (bicyclic) bond motifs is 1. The molecule has 0 bridgehead atoms. The standard InChI is InChI=1S/C23H23F4N5O3S2/c24-16-3-1-15(2-4-16)20-12-31(13-23(25,26)27)8-9-32(20)19-7-10-35-21-11-17(5-6-18(19)21)37(33,34)30-22-28-14-29-36-22/h1-6,11,14,19-20H,7-10,12-13H2,(H,28,29,30)/t19-,20-/m0/s1. The summed E-state index contributed by atoms with van der Waals surface area (Å²) in [7, 11) is -3.93. The second kappa shape index (κ2) is 10.2. The molecule has 3 aromatic rings. The van der Waals surface area contributed by atoms with Gasteiger partial charge in [0.05, 0.1) is 18.0 Å². The van der Waals surface area contributed by atoms with E-state index < -0.39 is 34.6 Å². The van der Waals surface area contributed by atoms with Gasteiger partial charge < -0.3 is 4.74 Å². The number of ether oxygens (including phenoxy) is 1. The molecule has 0 saturated carbocycles. The zero-order valence-electron chi connectivity index (χ0n) is 19.4. The third kappa shape index (κ3) is 5.87. The maximum Gasteiger partial charge on any atom is 0.401 e. The molecule has 2 aromatic carbocycles. The first-order chi connectivity index (χ1) is 17.6. The van der Waals surface area contributed by atoms with E-state index in [4.69, 9.17) is 4.74 Å². The average Bonchev–Trinajstić information content (AvgIpc) is 3.35. The third-order valence-corrected chi connectivity index (χ3v) is 8.50. The van der Waals surface area contributed by atoms with Gasteiger partial charge in [0, 0.05) is 61.3 Å². The van der Waals surface area contributed by atoms with E-state index >= 15 is 0 Å². The highest BCUT2D eigenvalue weighted by Gasteiger charge is 2.40. The third-order valence-electron chi connectivity index (χ3n) is 6.45. The Hall–Kier alpha value is -2.81. The van der Waals surface area contributed by atoms with Gasteiger partial charge in [-0.25, -0.2) is 17.8 Å². The molecule has 2 atom stereocenters. The Morgan fingerprint density at radius 3 is 2.59 bits per heavy atom. The Labute approximate surface area is 215 Å². The highest BCUT2D eigenvalue weighted by atomic mass is 32.2. The molecule has 1 N–H and O–H groups in total. The van der Waals surface area contributed by atoms with Crippen LogP contribution in [0.1, 0.15) is 29.6 Å². The molecule has 0 radical (unpaired) electrons. The van der Waals surface area contributed by atoms with Crippen molar-refractivity contribution in [3.05, 3.63) is 65.7 Å². The molecule has 198 valence electrons. The second-order valence-corrected chi connectivity index (χ2v) is 11.3. The van der Waals surface area contributed by atoms with Crippen molar-refractivity contribution < 1.29 is 30.7 Å². The first-order valence-electron chi connectivity index (χ1n) is 11.5. The predicted octanol–water partition coefficient (Wildman–Crippen LogP) is 4.22. The molecule has 1 saturated heterocycles. The summed E-state index contributed by atoms with van der Waals surface area (Å²) in [5, 5.41) is 0.135. The van der Waals surface area contributed by atoms with Gasteiger partial charge in [0.2, 0.25) is 5.13 Å². The predicted molar refractivity (Wildman–Crippen MR) is 128 cm³/mol. The lowest BCUT2D eigenvalue weighted by molar-refractivity contribution is -0.153. The molecular formula is C23H23F4N5O3S2. The lowest BCUT2D eigenvalue weighted by atomic mass is 9.93. The normalized spacial score (nSPS) is 21.3. The average molecular weight is 558 g/mol. The van der Waals surface area contributed by atoms with Crippen LogP contribution in [0.5, 0.6) is 5.75 Å². The van der Waals surface area contributed by atoms with Gasteiger partial charge in [-0.1, -0.05) is 18.2 Å². The first kappa shape index (κ1) is 25.8. The van der Waals surface area contributed by atoms with E-state index in [-0.39, 0.29) is 29.2 Å². The van der Waals surface area contributed by atoms with Crippen LogP contribution in [0, 0.1) is 5.82 Å². The topological polar surface area (TPSA) is 87.7 Å². The number of nitrogens with one attached hydrogen (secondary N) is 1. The van der Waals surface area contributed by atoms with Gasteiger partial charge >= 0.3 is 6.18 Å². The molecule has 37 heavy (non-hydrogen) atoms. The first-order valence-corrected chi connectivity index (χ1v) is 13.7. The SMILES string of the molecule is O=S(=O)(Nc1ncns1)c1ccc2c(c1)OCC[C@@H]2N1CCN(CC(F)(F)F)C[C@H]1c1ccc(F)cc1. The molecule has 1 aromatic heterocycles. The van der Waals surface area contributed by atoms with Crippen molar-refractivity contribution in [2.24, 2.45) is 0 Å². The number of hydrogen-bond acceptors (Lipinski definition) is 8. The van der Waals surface area contributed by atoms with Crippen molar-refractivity contribution in [3.8, 4) is 5.75 Å². The largest absolute Gasteiger partial charge is 0.493 e. The fraction of sp³-hybridized carbons (Fsp3) is 0.391. The molecule has 1 fully saturated rings. The molecular weight excluding hydrogens is 534 g/mol. The van der Waals surface area contributed by atoms with Crippen LogP contribution in [0.15, 0.2) is 53.7 Å². The van der Waals surface area contributed by atoms with Crippen LogP contribution >= 0.6 is 11.5 Å². The number of sulfonamides is 1. The molecule has 3 heterocycles. The van der Waals surface area contributed by atoms with Crippen LogP contribution < -0.4 is 9.46 Å². The molecule has 2 aliphatic heterocycles. The molecule has 8 nitrogen and oxygen atoms in total. The summed E-state index contributed by atoms with van der Waals surface area (Å²) >= 11 is 0.908. The fourth-order valence-corrected chi connectivity index (χ4v) is 6.54. The molecule has 0 aliphatic carbocycles. The van der Waals surface area contributed by atoms with Crippen LogP contribution in [0.4, 0.5) is 22.7 Å². The summed E-state index contributed by atoms with van der Waals surface area (Å²) in [5.41, 5.74) is 1.46. The number of hydrogen-bond donors (Lipinski definition) is 1. The van der Waals surface area contributed by atoms with Gasteiger partial charge in [0.25, 0.3) is 10.0 Å². The van der Waals surface area contributed by atoms with E-state index in [0.29, 0.717) is 30.9 Å². The van der Waals surface area contributed by atoms with Gasteiger partial charge in [-0.05, 0) is 23.8 Å². The zero-order valence-corrected chi connectivity index (χ0v) is 21.0. The minimum absolute atomic E-state index is 0.00724. The second-order valence-electron chi connectivity index (χ2n) is 8.86. The fourth-order valence-electron chi connectivity index (χ4n) is 4.86. The van der Waals surface area contributed by atoms with Crippen LogP contribution in [0.3, 0.4) is 0 Å². The number of alkyl halides is 3. The summed E-state index contributed by atoms with van der Waals surface area (Å²) in [6.45, 7) is -0.0330. The Kier molecular flexibility index (Phi) is 7.09. The van der Waals surface area contributed by atoms with Crippen molar-refractivity contribution >= 4 is 26.7 Å². The number of anilines is 1. The minimum Gasteiger partial charge on any atom is -0.493 e. The van der Waals surface area contributed by atoms with E-state index in [1.165, 1.54) is 35.5 Å². The Bertz CT molecular complexity index is 1340. The van der Waals surface area contributed by atoms with E-state index in [1.807, 2.05) is 0 Å². The smallest absolute Gasteiger partial charge is 0.401 e. The number of nitrogens with zero attached hydrogens (tertiary/aromatic N) is 4. The monoisotopic (exact) mass is 557 g/mol. The van der Waals surface area contributed by atoms with Gasteiger partial charge in [0.1, 0.15) is 17.9 Å². The van der Waals surface area contributed by atoms with E-state index in [0.717, 1.165) is 17.1 Å². The molecule has 0 spiro atoms. The maximum atomic E-state index is 13.6. The van der Waals surface area contributed by atoms with Gasteiger partial charge in [-0.3, -0.25) is 14.5 Å². The minimum atomic E-state index is -4.33. The molecule has 5 rings (SSSR count). The highest BCUT2D eigenvalue weighted by Crippen LogP contribution is 2.42. The van der Waals surface area contributed by atoms with E-state index in [2.05, 4.69) is 19.0 Å². The van der Waals surface area contributed by atoms with Crippen LogP contribution in [0.2, 0.25) is 0 Å².